The van der Waals surface area contributed by atoms with Crippen molar-refractivity contribution in [2.45, 2.75) is 46.1 Å². The number of rotatable bonds is 12. The molecule has 0 fully saturated rings. The maximum Gasteiger partial charge on any atom is 0.312 e. The van der Waals surface area contributed by atoms with Crippen molar-refractivity contribution < 1.29 is 24.2 Å². The second-order valence-corrected chi connectivity index (χ2v) is 9.64. The number of nitrogens with one attached hydrogen (secondary N) is 2. The lowest BCUT2D eigenvalue weighted by Crippen LogP contribution is -2.45. The summed E-state index contributed by atoms with van der Waals surface area (Å²) in [6, 6.07) is 17.3. The molecule has 0 aliphatic rings. The standard InChI is InChI=1S/C27H32N4O5/c1-18(2)13-24(32)36-17-27(3,26(34)35)15-22(29-25(33)23-16-28-31-30-23)14-19-9-11-21(12-10-19)20-7-5-4-6-8-20/h4-12,16,18,22H,13-15,17H2,1-3H3,(H,29,33)(H,34,35)(H,28,30,31)/t22-,27?/m1/s1. The second-order valence-electron chi connectivity index (χ2n) is 9.64. The Kier molecular flexibility index (Phi) is 8.94. The Balaban J connectivity index is 1.78. The molecule has 2 aromatic carbocycles. The fourth-order valence-corrected chi connectivity index (χ4v) is 3.88. The Bertz CT molecular complexity index is 1150. The van der Waals surface area contributed by atoms with Crippen LogP contribution in [0.15, 0.2) is 60.8 Å². The predicted octanol–water partition coefficient (Wildman–Crippen LogP) is 3.88. The van der Waals surface area contributed by atoms with Gasteiger partial charge in [-0.25, -0.2) is 0 Å². The summed E-state index contributed by atoms with van der Waals surface area (Å²) in [6.45, 7) is 5.00. The molecular weight excluding hydrogens is 460 g/mol. The van der Waals surface area contributed by atoms with E-state index in [0.29, 0.717) is 6.42 Å². The van der Waals surface area contributed by atoms with Crippen LogP contribution < -0.4 is 5.32 Å². The first-order valence-electron chi connectivity index (χ1n) is 11.9. The highest BCUT2D eigenvalue weighted by Gasteiger charge is 2.38. The van der Waals surface area contributed by atoms with Crippen LogP contribution in [0.1, 0.15) is 49.7 Å². The quantitative estimate of drug-likeness (QED) is 0.327. The third-order valence-corrected chi connectivity index (χ3v) is 5.88. The molecule has 36 heavy (non-hydrogen) atoms. The van der Waals surface area contributed by atoms with E-state index in [4.69, 9.17) is 4.74 Å². The maximum absolute atomic E-state index is 12.7. The first kappa shape index (κ1) is 26.6. The molecule has 190 valence electrons. The van der Waals surface area contributed by atoms with Crippen LogP contribution >= 0.6 is 0 Å². The van der Waals surface area contributed by atoms with E-state index >= 15 is 0 Å². The molecule has 2 atom stereocenters. The van der Waals surface area contributed by atoms with Crippen LogP contribution in [0, 0.1) is 11.3 Å². The van der Waals surface area contributed by atoms with E-state index in [0.717, 1.165) is 16.7 Å². The SMILES string of the molecule is CC(C)CC(=O)OCC(C)(C[C@@H](Cc1ccc(-c2ccccc2)cc1)NC(=O)c1cnn[nH]1)C(=O)O. The van der Waals surface area contributed by atoms with Crippen LogP contribution in [-0.4, -0.2) is 51.0 Å². The number of carbonyl (C=O) groups is 3. The number of amides is 1. The number of carboxylic acid groups (broad SMARTS) is 1. The predicted molar refractivity (Wildman–Crippen MR) is 134 cm³/mol. The normalized spacial score (nSPS) is 13.6. The highest BCUT2D eigenvalue weighted by Crippen LogP contribution is 2.27. The van der Waals surface area contributed by atoms with Crippen LogP contribution in [0.2, 0.25) is 0 Å². The van der Waals surface area contributed by atoms with Gasteiger partial charge in [0.25, 0.3) is 5.91 Å². The Labute approximate surface area is 210 Å². The number of ether oxygens (including phenoxy) is 1. The van der Waals surface area contributed by atoms with Gasteiger partial charge in [0.15, 0.2) is 0 Å². The van der Waals surface area contributed by atoms with Crippen LogP contribution in [0.25, 0.3) is 11.1 Å². The van der Waals surface area contributed by atoms with Gasteiger partial charge >= 0.3 is 11.9 Å². The summed E-state index contributed by atoms with van der Waals surface area (Å²) >= 11 is 0. The van der Waals surface area contributed by atoms with E-state index in [-0.39, 0.29) is 31.1 Å². The molecule has 0 saturated heterocycles. The summed E-state index contributed by atoms with van der Waals surface area (Å²) in [4.78, 5) is 37.0. The number of aliphatic carboxylic acids is 1. The molecule has 1 heterocycles. The van der Waals surface area contributed by atoms with Crippen molar-refractivity contribution in [2.75, 3.05) is 6.61 Å². The van der Waals surface area contributed by atoms with Crippen molar-refractivity contribution in [3.05, 3.63) is 72.1 Å². The van der Waals surface area contributed by atoms with E-state index in [1.54, 1.807) is 0 Å². The van der Waals surface area contributed by atoms with Crippen molar-refractivity contribution in [1.29, 1.82) is 0 Å². The number of carbonyl (C=O) groups excluding carboxylic acids is 2. The Morgan fingerprint density at radius 1 is 1.06 bits per heavy atom. The number of aromatic nitrogens is 3. The van der Waals surface area contributed by atoms with Crippen molar-refractivity contribution in [2.24, 2.45) is 11.3 Å². The fraction of sp³-hybridized carbons (Fsp3) is 0.370. The molecule has 3 aromatic rings. The molecule has 1 aromatic heterocycles. The van der Waals surface area contributed by atoms with E-state index in [2.05, 4.69) is 20.7 Å². The van der Waals surface area contributed by atoms with Crippen molar-refractivity contribution in [3.63, 3.8) is 0 Å². The third kappa shape index (κ3) is 7.49. The minimum absolute atomic E-state index is 0.0467. The Morgan fingerprint density at radius 2 is 1.72 bits per heavy atom. The number of H-pyrrole nitrogens is 1. The molecule has 0 aliphatic heterocycles. The van der Waals surface area contributed by atoms with Gasteiger partial charge in [0.05, 0.1) is 6.20 Å². The lowest BCUT2D eigenvalue weighted by molar-refractivity contribution is -0.159. The van der Waals surface area contributed by atoms with Gasteiger partial charge in [-0.05, 0) is 42.4 Å². The molecule has 0 saturated carbocycles. The minimum atomic E-state index is -1.40. The average Bonchev–Trinajstić information content (AvgIpc) is 3.39. The molecule has 9 heteroatoms. The molecule has 1 unspecified atom stereocenters. The highest BCUT2D eigenvalue weighted by atomic mass is 16.5. The number of aromatic amines is 1. The lowest BCUT2D eigenvalue weighted by Gasteiger charge is -2.30. The molecule has 0 spiro atoms. The monoisotopic (exact) mass is 492 g/mol. The number of hydrogen-bond acceptors (Lipinski definition) is 6. The maximum atomic E-state index is 12.7. The van der Waals surface area contributed by atoms with Gasteiger partial charge in [-0.1, -0.05) is 73.7 Å². The number of hydrogen-bond donors (Lipinski definition) is 3. The van der Waals surface area contributed by atoms with E-state index < -0.39 is 29.3 Å². The number of benzene rings is 2. The molecule has 9 nitrogen and oxygen atoms in total. The summed E-state index contributed by atoms with van der Waals surface area (Å²) < 4.78 is 5.31. The minimum Gasteiger partial charge on any atom is -0.481 e. The van der Waals surface area contributed by atoms with Gasteiger partial charge in [0.1, 0.15) is 17.7 Å². The van der Waals surface area contributed by atoms with Crippen LogP contribution in [0.4, 0.5) is 0 Å². The summed E-state index contributed by atoms with van der Waals surface area (Å²) in [5, 5.41) is 22.6. The molecule has 0 bridgehead atoms. The summed E-state index contributed by atoms with van der Waals surface area (Å²) in [6.07, 6.45) is 1.93. The topological polar surface area (TPSA) is 134 Å². The number of carboxylic acids is 1. The molecule has 3 N–H and O–H groups in total. The third-order valence-electron chi connectivity index (χ3n) is 5.88. The van der Waals surface area contributed by atoms with Gasteiger partial charge in [0.2, 0.25) is 0 Å². The number of nitrogens with zero attached hydrogens (tertiary/aromatic N) is 2. The summed E-state index contributed by atoms with van der Waals surface area (Å²) in [7, 11) is 0. The van der Waals surface area contributed by atoms with Crippen molar-refractivity contribution >= 4 is 17.8 Å². The molecule has 0 radical (unpaired) electrons. The van der Waals surface area contributed by atoms with Gasteiger partial charge in [0, 0.05) is 12.5 Å². The fourth-order valence-electron chi connectivity index (χ4n) is 3.88. The zero-order valence-corrected chi connectivity index (χ0v) is 20.7. The van der Waals surface area contributed by atoms with Crippen LogP contribution in [-0.2, 0) is 20.7 Å². The Hall–Kier alpha value is -4.01. The van der Waals surface area contributed by atoms with Gasteiger partial charge in [-0.3, -0.25) is 19.5 Å². The summed E-state index contributed by atoms with van der Waals surface area (Å²) in [5.74, 6) is -1.90. The van der Waals surface area contributed by atoms with E-state index in [1.165, 1.54) is 13.1 Å². The van der Waals surface area contributed by atoms with E-state index in [9.17, 15) is 19.5 Å². The lowest BCUT2D eigenvalue weighted by atomic mass is 9.82. The molecule has 3 rings (SSSR count). The smallest absolute Gasteiger partial charge is 0.312 e. The van der Waals surface area contributed by atoms with Gasteiger partial charge < -0.3 is 15.2 Å². The van der Waals surface area contributed by atoms with Crippen molar-refractivity contribution in [3.8, 4) is 11.1 Å². The summed E-state index contributed by atoms with van der Waals surface area (Å²) in [5.41, 5.74) is 1.83. The van der Waals surface area contributed by atoms with Gasteiger partial charge in [-0.2, -0.15) is 0 Å². The molecular formula is C27H32N4O5. The first-order chi connectivity index (χ1) is 17.2. The largest absolute Gasteiger partial charge is 0.481 e. The number of esters is 1. The molecule has 0 aliphatic carbocycles. The van der Waals surface area contributed by atoms with Crippen molar-refractivity contribution in [1.82, 2.24) is 20.7 Å². The van der Waals surface area contributed by atoms with Crippen LogP contribution in [0.3, 0.4) is 0 Å². The Morgan fingerprint density at radius 3 is 2.31 bits per heavy atom. The zero-order chi connectivity index (χ0) is 26.1. The molecule has 1 amide bonds. The second kappa shape index (κ2) is 12.1. The van der Waals surface area contributed by atoms with Crippen LogP contribution in [0.5, 0.6) is 0 Å². The van der Waals surface area contributed by atoms with Gasteiger partial charge in [-0.15, -0.1) is 5.10 Å². The van der Waals surface area contributed by atoms with E-state index in [1.807, 2.05) is 68.4 Å². The average molecular weight is 493 g/mol. The first-order valence-corrected chi connectivity index (χ1v) is 11.9. The zero-order valence-electron chi connectivity index (χ0n) is 20.7. The highest BCUT2D eigenvalue weighted by molar-refractivity contribution is 5.92.